The average Bonchev–Trinajstić information content (AvgIpc) is 2.37. The third-order valence-corrected chi connectivity index (χ3v) is 2.96. The van der Waals surface area contributed by atoms with E-state index in [2.05, 4.69) is 46.1 Å². The van der Waals surface area contributed by atoms with Crippen LogP contribution in [0.15, 0.2) is 47.2 Å². The molecule has 0 amide bonds. The molecule has 0 atom stereocenters. The summed E-state index contributed by atoms with van der Waals surface area (Å²) >= 11 is 3.38. The highest BCUT2D eigenvalue weighted by Gasteiger charge is 2.01. The quantitative estimate of drug-likeness (QED) is 0.899. The Bertz CT molecular complexity index is 543. The van der Waals surface area contributed by atoms with Gasteiger partial charge in [0.2, 0.25) is 0 Å². The Morgan fingerprint density at radius 1 is 1.21 bits per heavy atom. The second-order valence-corrected chi connectivity index (χ2v) is 5.54. The van der Waals surface area contributed by atoms with E-state index in [1.807, 2.05) is 24.3 Å². The minimum absolute atomic E-state index is 0.471. The van der Waals surface area contributed by atoms with Gasteiger partial charge in [0.05, 0.1) is 6.20 Å². The average molecular weight is 321 g/mol. The van der Waals surface area contributed by atoms with Crippen LogP contribution in [-0.2, 0) is 6.54 Å². The molecule has 19 heavy (non-hydrogen) atoms. The van der Waals surface area contributed by atoms with Crippen LogP contribution in [0.3, 0.4) is 0 Å². The molecule has 2 rings (SSSR count). The molecule has 100 valence electrons. The zero-order valence-corrected chi connectivity index (χ0v) is 12.6. The third-order valence-electron chi connectivity index (χ3n) is 2.53. The van der Waals surface area contributed by atoms with Crippen LogP contribution in [0.5, 0.6) is 11.5 Å². The summed E-state index contributed by atoms with van der Waals surface area (Å²) in [6.07, 6.45) is 3.43. The first kappa shape index (κ1) is 14.0. The fourth-order valence-electron chi connectivity index (χ4n) is 1.63. The van der Waals surface area contributed by atoms with E-state index in [0.29, 0.717) is 6.04 Å². The predicted octanol–water partition coefficient (Wildman–Crippen LogP) is 4.13. The highest BCUT2D eigenvalue weighted by molar-refractivity contribution is 9.10. The van der Waals surface area contributed by atoms with E-state index < -0.39 is 0 Å². The molecule has 0 bridgehead atoms. The molecule has 0 aliphatic rings. The summed E-state index contributed by atoms with van der Waals surface area (Å²) < 4.78 is 6.69. The van der Waals surface area contributed by atoms with Gasteiger partial charge in [0.15, 0.2) is 0 Å². The molecule has 0 unspecified atom stereocenters. The highest BCUT2D eigenvalue weighted by Crippen LogP contribution is 2.23. The van der Waals surface area contributed by atoms with E-state index in [4.69, 9.17) is 4.74 Å². The van der Waals surface area contributed by atoms with E-state index in [1.54, 1.807) is 12.4 Å². The minimum atomic E-state index is 0.471. The number of benzene rings is 1. The van der Waals surface area contributed by atoms with Crippen LogP contribution in [0.25, 0.3) is 0 Å². The van der Waals surface area contributed by atoms with Crippen molar-refractivity contribution in [3.8, 4) is 11.5 Å². The number of rotatable bonds is 5. The number of hydrogen-bond donors (Lipinski definition) is 1. The molecule has 0 aliphatic carbocycles. The van der Waals surface area contributed by atoms with Crippen molar-refractivity contribution in [2.75, 3.05) is 0 Å². The summed E-state index contributed by atoms with van der Waals surface area (Å²) in [5.41, 5.74) is 1.20. The van der Waals surface area contributed by atoms with Crippen LogP contribution in [0.4, 0.5) is 0 Å². The second-order valence-electron chi connectivity index (χ2n) is 4.62. The zero-order valence-electron chi connectivity index (χ0n) is 11.1. The molecule has 0 fully saturated rings. The highest BCUT2D eigenvalue weighted by atomic mass is 79.9. The molecule has 0 radical (unpaired) electrons. The third kappa shape index (κ3) is 4.65. The summed E-state index contributed by atoms with van der Waals surface area (Å²) in [5, 5.41) is 3.39. The molecular weight excluding hydrogens is 304 g/mol. The van der Waals surface area contributed by atoms with Gasteiger partial charge in [-0.15, -0.1) is 0 Å². The van der Waals surface area contributed by atoms with Crippen molar-refractivity contribution in [3.05, 3.63) is 52.8 Å². The molecule has 0 aliphatic heterocycles. The van der Waals surface area contributed by atoms with Gasteiger partial charge in [-0.1, -0.05) is 26.0 Å². The maximum atomic E-state index is 5.79. The number of hydrogen-bond acceptors (Lipinski definition) is 3. The fourth-order valence-corrected chi connectivity index (χ4v) is 1.97. The molecular formula is C15H17BrN2O. The molecule has 4 heteroatoms. The lowest BCUT2D eigenvalue weighted by Crippen LogP contribution is -2.21. The number of nitrogens with zero attached hydrogens (tertiary/aromatic N) is 1. The van der Waals surface area contributed by atoms with E-state index in [0.717, 1.165) is 22.5 Å². The number of pyridine rings is 1. The molecule has 1 aromatic heterocycles. The minimum Gasteiger partial charge on any atom is -0.456 e. The summed E-state index contributed by atoms with van der Waals surface area (Å²) in [6, 6.07) is 10.4. The van der Waals surface area contributed by atoms with Gasteiger partial charge >= 0.3 is 0 Å². The van der Waals surface area contributed by atoms with Crippen molar-refractivity contribution in [1.29, 1.82) is 0 Å². The second kappa shape index (κ2) is 6.68. The molecule has 2 aromatic rings. The molecule has 1 N–H and O–H groups in total. The largest absolute Gasteiger partial charge is 0.456 e. The van der Waals surface area contributed by atoms with Crippen LogP contribution < -0.4 is 10.1 Å². The Labute approximate surface area is 122 Å². The first-order valence-electron chi connectivity index (χ1n) is 6.24. The number of ether oxygens (including phenoxy) is 1. The van der Waals surface area contributed by atoms with E-state index >= 15 is 0 Å². The number of nitrogens with one attached hydrogen (secondary N) is 1. The Morgan fingerprint density at radius 2 is 2.05 bits per heavy atom. The van der Waals surface area contributed by atoms with Gasteiger partial charge < -0.3 is 10.1 Å². The number of halogens is 1. The van der Waals surface area contributed by atoms with Gasteiger partial charge in [0, 0.05) is 23.3 Å². The van der Waals surface area contributed by atoms with Crippen molar-refractivity contribution >= 4 is 15.9 Å². The van der Waals surface area contributed by atoms with E-state index in [1.165, 1.54) is 5.56 Å². The topological polar surface area (TPSA) is 34.1 Å². The SMILES string of the molecule is CC(C)NCc1cccc(Oc2cncc(Br)c2)c1. The molecule has 1 aromatic carbocycles. The van der Waals surface area contributed by atoms with Crippen LogP contribution in [0.2, 0.25) is 0 Å². The Balaban J connectivity index is 2.06. The van der Waals surface area contributed by atoms with Crippen molar-refractivity contribution in [2.45, 2.75) is 26.4 Å². The van der Waals surface area contributed by atoms with Crippen molar-refractivity contribution in [1.82, 2.24) is 10.3 Å². The lowest BCUT2D eigenvalue weighted by Gasteiger charge is -2.10. The molecule has 0 saturated carbocycles. The van der Waals surface area contributed by atoms with Crippen molar-refractivity contribution in [2.24, 2.45) is 0 Å². The molecule has 1 heterocycles. The van der Waals surface area contributed by atoms with Crippen LogP contribution in [0.1, 0.15) is 19.4 Å². The van der Waals surface area contributed by atoms with Crippen LogP contribution in [0, 0.1) is 0 Å². The first-order valence-corrected chi connectivity index (χ1v) is 7.03. The standard InChI is InChI=1S/C15H17BrN2O/c1-11(2)18-8-12-4-3-5-14(6-12)19-15-7-13(16)9-17-10-15/h3-7,9-11,18H,8H2,1-2H3. The zero-order chi connectivity index (χ0) is 13.7. The Hall–Kier alpha value is -1.39. The molecule has 3 nitrogen and oxygen atoms in total. The van der Waals surface area contributed by atoms with Crippen molar-refractivity contribution < 1.29 is 4.74 Å². The molecule has 0 spiro atoms. The maximum absolute atomic E-state index is 5.79. The predicted molar refractivity (Wildman–Crippen MR) is 80.4 cm³/mol. The smallest absolute Gasteiger partial charge is 0.146 e. The number of aromatic nitrogens is 1. The summed E-state index contributed by atoms with van der Waals surface area (Å²) in [5.74, 6) is 1.55. The van der Waals surface area contributed by atoms with Gasteiger partial charge in [-0.2, -0.15) is 0 Å². The summed E-state index contributed by atoms with van der Waals surface area (Å²) in [4.78, 5) is 4.08. The monoisotopic (exact) mass is 320 g/mol. The van der Waals surface area contributed by atoms with Gasteiger partial charge in [-0.25, -0.2) is 0 Å². The lowest BCUT2D eigenvalue weighted by molar-refractivity contribution is 0.478. The Kier molecular flexibility index (Phi) is 4.93. The maximum Gasteiger partial charge on any atom is 0.146 e. The molecule has 0 saturated heterocycles. The van der Waals surface area contributed by atoms with E-state index in [9.17, 15) is 0 Å². The van der Waals surface area contributed by atoms with Gasteiger partial charge in [-0.3, -0.25) is 4.98 Å². The van der Waals surface area contributed by atoms with Crippen LogP contribution in [-0.4, -0.2) is 11.0 Å². The lowest BCUT2D eigenvalue weighted by atomic mass is 10.2. The first-order chi connectivity index (χ1) is 9.13. The van der Waals surface area contributed by atoms with Crippen LogP contribution >= 0.6 is 15.9 Å². The van der Waals surface area contributed by atoms with Crippen molar-refractivity contribution in [3.63, 3.8) is 0 Å². The Morgan fingerprint density at radius 3 is 2.79 bits per heavy atom. The summed E-state index contributed by atoms with van der Waals surface area (Å²) in [7, 11) is 0. The van der Waals surface area contributed by atoms with Gasteiger partial charge in [-0.05, 0) is 39.7 Å². The van der Waals surface area contributed by atoms with Gasteiger partial charge in [0.1, 0.15) is 11.5 Å². The normalized spacial score (nSPS) is 10.7. The van der Waals surface area contributed by atoms with E-state index in [-0.39, 0.29) is 0 Å². The fraction of sp³-hybridized carbons (Fsp3) is 0.267. The van der Waals surface area contributed by atoms with Gasteiger partial charge in [0.25, 0.3) is 0 Å². The summed E-state index contributed by atoms with van der Waals surface area (Å²) in [6.45, 7) is 5.10.